The second kappa shape index (κ2) is 5.85. The van der Waals surface area contributed by atoms with Crippen molar-refractivity contribution in [3.05, 3.63) is 20.8 Å². The first kappa shape index (κ1) is 12.2. The summed E-state index contributed by atoms with van der Waals surface area (Å²) in [5.74, 6) is 0.604. The second-order valence-electron chi connectivity index (χ2n) is 3.70. The highest BCUT2D eigenvalue weighted by Crippen LogP contribution is 2.25. The highest BCUT2D eigenvalue weighted by Gasteiger charge is 2.11. The Morgan fingerprint density at radius 2 is 2.29 bits per heavy atom. The normalized spacial score (nSPS) is 13.5. The largest absolute Gasteiger partial charge is 0.394 e. The van der Waals surface area contributed by atoms with Gasteiger partial charge in [-0.05, 0) is 34.5 Å². The number of halogens is 1. The second-order valence-corrected chi connectivity index (χ2v) is 5.56. The van der Waals surface area contributed by atoms with Crippen molar-refractivity contribution in [1.82, 2.24) is 5.32 Å². The van der Waals surface area contributed by atoms with Gasteiger partial charge < -0.3 is 10.4 Å². The molecule has 0 saturated heterocycles. The third kappa shape index (κ3) is 3.69. The van der Waals surface area contributed by atoms with E-state index < -0.39 is 0 Å². The Hall–Kier alpha value is 0.1000. The molecule has 0 amide bonds. The zero-order chi connectivity index (χ0) is 10.6. The van der Waals surface area contributed by atoms with Gasteiger partial charge >= 0.3 is 0 Å². The number of hydrogen-bond acceptors (Lipinski definition) is 3. The molecular weight excluding hydrogens is 262 g/mol. The van der Waals surface area contributed by atoms with Crippen LogP contribution in [0.25, 0.3) is 0 Å². The van der Waals surface area contributed by atoms with Crippen LogP contribution in [0, 0.1) is 5.92 Å². The summed E-state index contributed by atoms with van der Waals surface area (Å²) in [4.78, 5) is 1.18. The molecule has 0 spiro atoms. The molecule has 1 heterocycles. The van der Waals surface area contributed by atoms with E-state index in [-0.39, 0.29) is 12.6 Å². The minimum absolute atomic E-state index is 0.0775. The van der Waals surface area contributed by atoms with Crippen molar-refractivity contribution in [3.8, 4) is 0 Å². The molecule has 1 aromatic rings. The molecule has 4 heteroatoms. The lowest BCUT2D eigenvalue weighted by Crippen LogP contribution is -2.27. The summed E-state index contributed by atoms with van der Waals surface area (Å²) in [6.45, 7) is 5.40. The average Bonchev–Trinajstić information content (AvgIpc) is 2.53. The molecule has 14 heavy (non-hydrogen) atoms. The standard InChI is InChI=1S/C10H16BrNOS/c1-7(2)4-12-9(5-13)10-3-8(11)6-14-10/h3,6-7,9,12-13H,4-5H2,1-2H3. The molecule has 0 aliphatic rings. The smallest absolute Gasteiger partial charge is 0.0650 e. The first-order valence-electron chi connectivity index (χ1n) is 4.71. The van der Waals surface area contributed by atoms with Gasteiger partial charge in [-0.25, -0.2) is 0 Å². The number of nitrogens with one attached hydrogen (secondary N) is 1. The van der Waals surface area contributed by atoms with Gasteiger partial charge in [0, 0.05) is 14.7 Å². The van der Waals surface area contributed by atoms with E-state index in [1.807, 2.05) is 5.38 Å². The van der Waals surface area contributed by atoms with Crippen LogP contribution < -0.4 is 5.32 Å². The Bertz CT molecular complexity index is 275. The van der Waals surface area contributed by atoms with E-state index in [1.54, 1.807) is 11.3 Å². The van der Waals surface area contributed by atoms with Crippen LogP contribution in [0.4, 0.5) is 0 Å². The number of rotatable bonds is 5. The summed E-state index contributed by atoms with van der Waals surface area (Å²) in [6.07, 6.45) is 0. The maximum Gasteiger partial charge on any atom is 0.0650 e. The van der Waals surface area contributed by atoms with Crippen molar-refractivity contribution in [2.45, 2.75) is 19.9 Å². The lowest BCUT2D eigenvalue weighted by molar-refractivity contribution is 0.243. The molecule has 1 aromatic heterocycles. The summed E-state index contributed by atoms with van der Waals surface area (Å²) in [5, 5.41) is 14.6. The highest BCUT2D eigenvalue weighted by atomic mass is 79.9. The third-order valence-corrected chi connectivity index (χ3v) is 3.69. The number of thiophene rings is 1. The lowest BCUT2D eigenvalue weighted by Gasteiger charge is -2.16. The number of aliphatic hydroxyl groups excluding tert-OH is 1. The molecule has 0 radical (unpaired) electrons. The van der Waals surface area contributed by atoms with Crippen LogP contribution in [0.15, 0.2) is 15.9 Å². The highest BCUT2D eigenvalue weighted by molar-refractivity contribution is 9.10. The molecule has 0 aliphatic heterocycles. The fourth-order valence-electron chi connectivity index (χ4n) is 1.14. The van der Waals surface area contributed by atoms with Gasteiger partial charge in [0.25, 0.3) is 0 Å². The van der Waals surface area contributed by atoms with Crippen molar-refractivity contribution in [2.75, 3.05) is 13.2 Å². The van der Waals surface area contributed by atoms with Gasteiger partial charge in [0.15, 0.2) is 0 Å². The van der Waals surface area contributed by atoms with Gasteiger partial charge in [-0.2, -0.15) is 0 Å². The molecule has 2 N–H and O–H groups in total. The fourth-order valence-corrected chi connectivity index (χ4v) is 2.66. The van der Waals surface area contributed by atoms with Gasteiger partial charge in [0.1, 0.15) is 0 Å². The van der Waals surface area contributed by atoms with Crippen molar-refractivity contribution < 1.29 is 5.11 Å². The van der Waals surface area contributed by atoms with E-state index in [0.717, 1.165) is 11.0 Å². The van der Waals surface area contributed by atoms with Gasteiger partial charge in [-0.3, -0.25) is 0 Å². The SMILES string of the molecule is CC(C)CNC(CO)c1cc(Br)cs1. The van der Waals surface area contributed by atoms with Crippen LogP contribution >= 0.6 is 27.3 Å². The van der Waals surface area contributed by atoms with E-state index in [2.05, 4.69) is 41.2 Å². The molecule has 80 valence electrons. The van der Waals surface area contributed by atoms with Crippen molar-refractivity contribution >= 4 is 27.3 Å². The summed E-state index contributed by atoms with van der Waals surface area (Å²) in [5.41, 5.74) is 0. The fraction of sp³-hybridized carbons (Fsp3) is 0.600. The first-order valence-corrected chi connectivity index (χ1v) is 6.39. The lowest BCUT2D eigenvalue weighted by atomic mass is 10.2. The molecule has 0 aliphatic carbocycles. The molecule has 0 bridgehead atoms. The van der Waals surface area contributed by atoms with E-state index in [1.165, 1.54) is 4.88 Å². The quantitative estimate of drug-likeness (QED) is 0.868. The van der Waals surface area contributed by atoms with E-state index in [4.69, 9.17) is 0 Å². The van der Waals surface area contributed by atoms with E-state index in [0.29, 0.717) is 5.92 Å². The predicted molar refractivity (Wildman–Crippen MR) is 64.7 cm³/mol. The van der Waals surface area contributed by atoms with Gasteiger partial charge in [0.05, 0.1) is 12.6 Å². The summed E-state index contributed by atoms with van der Waals surface area (Å²) < 4.78 is 1.09. The number of aliphatic hydroxyl groups is 1. The van der Waals surface area contributed by atoms with Gasteiger partial charge in [-0.15, -0.1) is 11.3 Å². The Labute approximate surface area is 97.5 Å². The van der Waals surface area contributed by atoms with E-state index in [9.17, 15) is 5.11 Å². The minimum Gasteiger partial charge on any atom is -0.394 e. The Morgan fingerprint density at radius 3 is 2.71 bits per heavy atom. The van der Waals surface area contributed by atoms with Gasteiger partial charge in [-0.1, -0.05) is 13.8 Å². The zero-order valence-electron chi connectivity index (χ0n) is 8.46. The van der Waals surface area contributed by atoms with Crippen LogP contribution in [0.1, 0.15) is 24.8 Å². The molecule has 1 atom stereocenters. The zero-order valence-corrected chi connectivity index (χ0v) is 10.9. The van der Waals surface area contributed by atoms with Crippen LogP contribution in [0.5, 0.6) is 0 Å². The Balaban J connectivity index is 2.54. The van der Waals surface area contributed by atoms with Crippen LogP contribution in [-0.2, 0) is 0 Å². The van der Waals surface area contributed by atoms with Crippen molar-refractivity contribution in [1.29, 1.82) is 0 Å². The monoisotopic (exact) mass is 277 g/mol. The minimum atomic E-state index is 0.0775. The molecular formula is C10H16BrNOS. The van der Waals surface area contributed by atoms with Crippen LogP contribution in [0.3, 0.4) is 0 Å². The van der Waals surface area contributed by atoms with Crippen LogP contribution in [0.2, 0.25) is 0 Å². The van der Waals surface area contributed by atoms with E-state index >= 15 is 0 Å². The average molecular weight is 278 g/mol. The molecule has 0 saturated carbocycles. The summed E-state index contributed by atoms with van der Waals surface area (Å²) in [6, 6.07) is 2.13. The third-order valence-electron chi connectivity index (χ3n) is 1.89. The molecule has 0 fully saturated rings. The first-order chi connectivity index (χ1) is 6.63. The molecule has 1 rings (SSSR count). The number of hydrogen-bond donors (Lipinski definition) is 2. The topological polar surface area (TPSA) is 32.3 Å². The molecule has 2 nitrogen and oxygen atoms in total. The molecule has 1 unspecified atom stereocenters. The van der Waals surface area contributed by atoms with Crippen LogP contribution in [-0.4, -0.2) is 18.3 Å². The molecule has 0 aromatic carbocycles. The summed E-state index contributed by atoms with van der Waals surface area (Å²) >= 11 is 5.08. The predicted octanol–water partition coefficient (Wildman–Crippen LogP) is 2.79. The van der Waals surface area contributed by atoms with Gasteiger partial charge in [0.2, 0.25) is 0 Å². The summed E-state index contributed by atoms with van der Waals surface area (Å²) in [7, 11) is 0. The maximum atomic E-state index is 9.23. The Morgan fingerprint density at radius 1 is 1.57 bits per heavy atom. The van der Waals surface area contributed by atoms with Crippen molar-refractivity contribution in [3.63, 3.8) is 0 Å². The Kier molecular flexibility index (Phi) is 5.09. The maximum absolute atomic E-state index is 9.23. The van der Waals surface area contributed by atoms with Crippen molar-refractivity contribution in [2.24, 2.45) is 5.92 Å².